The summed E-state index contributed by atoms with van der Waals surface area (Å²) < 4.78 is 102. The van der Waals surface area contributed by atoms with Crippen LogP contribution in [-0.4, -0.2) is 116 Å². The first kappa shape index (κ1) is 64.9. The number of allylic oxidation sites excluding steroid dienone is 7. The second-order valence-electron chi connectivity index (χ2n) is 23.1. The van der Waals surface area contributed by atoms with Crippen LogP contribution in [0.5, 0.6) is 0 Å². The summed E-state index contributed by atoms with van der Waals surface area (Å²) in [7, 11) is -12.7. The highest BCUT2D eigenvalue weighted by Gasteiger charge is 2.44. The van der Waals surface area contributed by atoms with Crippen molar-refractivity contribution in [1.82, 2.24) is 15.5 Å². The van der Waals surface area contributed by atoms with Crippen molar-refractivity contribution in [2.24, 2.45) is 0 Å². The van der Waals surface area contributed by atoms with Gasteiger partial charge in [-0.3, -0.25) is 32.9 Å². The Morgan fingerprint density at radius 3 is 1.86 bits per heavy atom. The molecule has 446 valence electrons. The highest BCUT2D eigenvalue weighted by molar-refractivity contribution is 7.86. The zero-order chi connectivity index (χ0) is 58.9. The van der Waals surface area contributed by atoms with Gasteiger partial charge in [0.25, 0.3) is 42.2 Å². The van der Waals surface area contributed by atoms with E-state index in [-0.39, 0.29) is 46.0 Å². The molecule has 0 atom stereocenters. The molecule has 0 saturated heterocycles. The highest BCUT2D eigenvalue weighted by atomic mass is 32.2. The molecule has 3 amide bonds. The van der Waals surface area contributed by atoms with Crippen molar-refractivity contribution in [1.29, 1.82) is 0 Å². The fourth-order valence-electron chi connectivity index (χ4n) is 11.6. The third kappa shape index (κ3) is 19.1. The van der Waals surface area contributed by atoms with E-state index in [4.69, 9.17) is 0 Å². The van der Waals surface area contributed by atoms with E-state index in [2.05, 4.69) is 70.4 Å². The number of benzene rings is 2. The predicted octanol–water partition coefficient (Wildman–Crippen LogP) is 10.7. The van der Waals surface area contributed by atoms with Gasteiger partial charge in [-0.2, -0.15) is 29.8 Å². The number of para-hydroxylation sites is 1. The number of hydrogen-bond donors (Lipinski definition) is 5. The molecule has 3 heterocycles. The van der Waals surface area contributed by atoms with Crippen LogP contribution in [-0.2, 0) is 55.6 Å². The van der Waals surface area contributed by atoms with Gasteiger partial charge in [-0.1, -0.05) is 108 Å². The number of unbranched alkanes of at least 4 members (excludes halogenated alkanes) is 14. The monoisotopic (exact) mass is 1180 g/mol. The molecule has 0 aromatic heterocycles. The van der Waals surface area contributed by atoms with Crippen LogP contribution in [0.1, 0.15) is 180 Å². The molecule has 6 rings (SSSR count). The lowest BCUT2D eigenvalue weighted by molar-refractivity contribution is -0.438. The maximum atomic E-state index is 12.5. The average Bonchev–Trinajstić information content (AvgIpc) is 2.38. The molecule has 0 radical (unpaired) electrons. The SMILES string of the molecule is CC1(C)C(=C/C=C2\CCCC(C=CC3=[N+](CCCCS(=O)(=O)O)c4ccccc4C3(C)C)=C2NCCCCCCCCCCC(=O)NCCCCCCCCN2C(=O)C=CC2=O)N(CCCCS(=O)(=O)O)c2ccc(S(=O)(=O)O)cc21. The van der Waals surface area contributed by atoms with E-state index in [1.807, 2.05) is 26.0 Å². The Morgan fingerprint density at radius 1 is 0.630 bits per heavy atom. The van der Waals surface area contributed by atoms with Crippen molar-refractivity contribution in [3.8, 4) is 0 Å². The van der Waals surface area contributed by atoms with Crippen LogP contribution in [0.15, 0.2) is 106 Å². The van der Waals surface area contributed by atoms with E-state index < -0.39 is 35.8 Å². The second kappa shape index (κ2) is 29.8. The molecular weight excluding hydrogens is 1090 g/mol. The number of nitrogens with one attached hydrogen (secondary N) is 2. The first-order chi connectivity index (χ1) is 38.4. The zero-order valence-electron chi connectivity index (χ0n) is 48.1. The maximum absolute atomic E-state index is 12.5. The summed E-state index contributed by atoms with van der Waals surface area (Å²) in [5.41, 5.74) is 7.90. The van der Waals surface area contributed by atoms with Gasteiger partial charge in [0.2, 0.25) is 11.6 Å². The smallest absolute Gasteiger partial charge is 0.294 e. The van der Waals surface area contributed by atoms with Gasteiger partial charge in [0.1, 0.15) is 6.54 Å². The number of amides is 3. The number of carbonyl (C=O) groups is 3. The Bertz CT molecular complexity index is 3080. The minimum Gasteiger partial charge on any atom is -0.385 e. The summed E-state index contributed by atoms with van der Waals surface area (Å²) in [5, 5.41) is 6.92. The molecule has 81 heavy (non-hydrogen) atoms. The van der Waals surface area contributed by atoms with Gasteiger partial charge in [-0.15, -0.1) is 0 Å². The maximum Gasteiger partial charge on any atom is 0.294 e. The summed E-state index contributed by atoms with van der Waals surface area (Å²) in [6.45, 7) is 11.3. The van der Waals surface area contributed by atoms with Crippen LogP contribution in [0.3, 0.4) is 0 Å². The zero-order valence-corrected chi connectivity index (χ0v) is 50.5. The molecule has 20 heteroatoms. The van der Waals surface area contributed by atoms with Crippen LogP contribution >= 0.6 is 0 Å². The van der Waals surface area contributed by atoms with E-state index >= 15 is 0 Å². The van der Waals surface area contributed by atoms with Gasteiger partial charge >= 0.3 is 0 Å². The first-order valence-electron chi connectivity index (χ1n) is 29.3. The standard InChI is InChI=1S/C61H87N5O12S3/c1-60(2)50-28-16-17-29-52(50)64(41-21-23-44-79(70,71)72)54(60)35-31-47-26-25-27-48(32-36-55-61(3,4)51-46-49(81(76,77)78)33-34-53(51)65(55)42-22-24-45-80(73,74)75)59(47)63-40-19-13-8-6-5-7-11-15-30-56(67)62-39-18-12-9-10-14-20-43-66-57(68)37-38-58(66)69/h16-17,28-29,31-38,46H,5-15,18-27,30,39-45H2,1-4H3,(H4,62,67,70,71,72,73,74,75,76,77,78)/p+1/b48-32+,55-36?. The summed E-state index contributed by atoms with van der Waals surface area (Å²) in [4.78, 5) is 38.9. The molecule has 0 unspecified atom stereocenters. The summed E-state index contributed by atoms with van der Waals surface area (Å²) in [6.07, 6.45) is 30.0. The van der Waals surface area contributed by atoms with Gasteiger partial charge in [-0.25, -0.2) is 0 Å². The van der Waals surface area contributed by atoms with Crippen LogP contribution in [0, 0.1) is 0 Å². The summed E-state index contributed by atoms with van der Waals surface area (Å²) in [6, 6.07) is 12.8. The Kier molecular flexibility index (Phi) is 23.9. The Balaban J connectivity index is 1.08. The molecule has 17 nitrogen and oxygen atoms in total. The van der Waals surface area contributed by atoms with Gasteiger partial charge in [0, 0.05) is 91.4 Å². The quantitative estimate of drug-likeness (QED) is 0.0186. The number of nitrogens with zero attached hydrogens (tertiary/aromatic N) is 3. The Labute approximate surface area is 482 Å². The van der Waals surface area contributed by atoms with Gasteiger partial charge in [-0.05, 0) is 119 Å². The lowest BCUT2D eigenvalue weighted by atomic mass is 9.81. The summed E-state index contributed by atoms with van der Waals surface area (Å²) in [5.74, 6) is -1.02. The van der Waals surface area contributed by atoms with Crippen LogP contribution in [0.4, 0.5) is 11.4 Å². The lowest BCUT2D eigenvalue weighted by Gasteiger charge is -2.28. The molecule has 4 aliphatic rings. The van der Waals surface area contributed by atoms with Crippen molar-refractivity contribution in [3.05, 3.63) is 113 Å². The fraction of sp³-hybridized carbons (Fsp3) is 0.574. The minimum absolute atomic E-state index is 0.107. The van der Waals surface area contributed by atoms with Crippen molar-refractivity contribution in [2.45, 2.75) is 185 Å². The summed E-state index contributed by atoms with van der Waals surface area (Å²) >= 11 is 0. The lowest BCUT2D eigenvalue weighted by Crippen LogP contribution is -2.30. The number of rotatable bonds is 35. The van der Waals surface area contributed by atoms with E-state index in [0.717, 1.165) is 155 Å². The van der Waals surface area contributed by atoms with Crippen LogP contribution in [0.2, 0.25) is 0 Å². The second-order valence-corrected chi connectivity index (χ2v) is 27.6. The Hall–Kier alpha value is -5.25. The molecule has 1 aliphatic carbocycles. The van der Waals surface area contributed by atoms with E-state index in [1.54, 1.807) is 6.07 Å². The Morgan fingerprint density at radius 2 is 1.21 bits per heavy atom. The minimum atomic E-state index is -4.50. The molecule has 0 fully saturated rings. The van der Waals surface area contributed by atoms with E-state index in [0.29, 0.717) is 57.4 Å². The third-order valence-electron chi connectivity index (χ3n) is 16.1. The molecule has 2 aromatic rings. The molecule has 2 aromatic carbocycles. The van der Waals surface area contributed by atoms with E-state index in [9.17, 15) is 53.3 Å². The van der Waals surface area contributed by atoms with Gasteiger partial charge in [0.05, 0.1) is 21.8 Å². The largest absolute Gasteiger partial charge is 0.385 e. The molecule has 5 N–H and O–H groups in total. The number of anilines is 1. The predicted molar refractivity (Wildman–Crippen MR) is 320 cm³/mol. The third-order valence-corrected chi connectivity index (χ3v) is 18.6. The first-order valence-corrected chi connectivity index (χ1v) is 34.0. The van der Waals surface area contributed by atoms with Crippen LogP contribution in [0.25, 0.3) is 0 Å². The van der Waals surface area contributed by atoms with Crippen molar-refractivity contribution < 1.29 is 57.9 Å². The van der Waals surface area contributed by atoms with Crippen molar-refractivity contribution in [2.75, 3.05) is 49.1 Å². The van der Waals surface area contributed by atoms with Crippen molar-refractivity contribution >= 4 is 65.2 Å². The number of carbonyl (C=O) groups excluding carboxylic acids is 3. The van der Waals surface area contributed by atoms with Crippen LogP contribution < -0.4 is 15.5 Å². The van der Waals surface area contributed by atoms with E-state index in [1.165, 1.54) is 34.7 Å². The molecule has 0 bridgehead atoms. The van der Waals surface area contributed by atoms with Gasteiger partial charge in [0.15, 0.2) is 5.71 Å². The topological polar surface area (TPSA) is 248 Å². The molecule has 0 spiro atoms. The average molecular weight is 1180 g/mol. The van der Waals surface area contributed by atoms with Gasteiger partial charge < -0.3 is 15.5 Å². The number of fused-ring (bicyclic) bond motifs is 2. The van der Waals surface area contributed by atoms with Crippen molar-refractivity contribution in [3.63, 3.8) is 0 Å². The number of imide groups is 1. The molecular formula is C61H88N5O12S3+. The molecule has 3 aliphatic heterocycles. The molecule has 0 saturated carbocycles. The number of hydrogen-bond acceptors (Lipinski definition) is 11. The fourth-order valence-corrected chi connectivity index (χ4v) is 13.3. The normalized spacial score (nSPS) is 18.1. The highest BCUT2D eigenvalue weighted by Crippen LogP contribution is 2.49.